The van der Waals surface area contributed by atoms with Gasteiger partial charge in [0.25, 0.3) is 0 Å². The summed E-state index contributed by atoms with van der Waals surface area (Å²) in [5, 5.41) is 0. The van der Waals surface area contributed by atoms with Crippen LogP contribution >= 0.6 is 0 Å². The van der Waals surface area contributed by atoms with Crippen LogP contribution in [-0.2, 0) is 16.2 Å². The Morgan fingerprint density at radius 2 is 0.930 bits per heavy atom. The molecule has 5 aromatic carbocycles. The van der Waals surface area contributed by atoms with Gasteiger partial charge in [0.1, 0.15) is 0 Å². The molecule has 0 amide bonds. The van der Waals surface area contributed by atoms with Gasteiger partial charge in [-0.1, -0.05) is 145 Å². The van der Waals surface area contributed by atoms with Crippen molar-refractivity contribution in [3.8, 4) is 22.3 Å². The molecule has 2 aliphatic rings. The van der Waals surface area contributed by atoms with Gasteiger partial charge in [-0.05, 0) is 104 Å². The quantitative estimate of drug-likeness (QED) is 0.198. The van der Waals surface area contributed by atoms with Gasteiger partial charge in [0.05, 0.1) is 5.41 Å². The van der Waals surface area contributed by atoms with E-state index in [0.29, 0.717) is 5.92 Å². The number of fused-ring (bicyclic) bond motifs is 6. The number of hydrogen-bond donors (Lipinski definition) is 0. The number of rotatable bonds is 2. The molecule has 0 spiro atoms. The standard InChI is InChI=1S/C43H44/c1-26-10-20-33-35(22-26)28(3)36-24-38-34-21-11-27(2)23-39(34)43(40(38)25-37(33)36,31-16-12-29(13-17-31)41(4,5)6)32-18-14-30(15-19-32)42(7,8)9/h10-25,28H,1-9H3. The highest BCUT2D eigenvalue weighted by Crippen LogP contribution is 2.59. The molecule has 1 atom stereocenters. The summed E-state index contributed by atoms with van der Waals surface area (Å²) in [4.78, 5) is 0. The number of benzene rings is 5. The third-order valence-electron chi connectivity index (χ3n) is 10.3. The van der Waals surface area contributed by atoms with Crippen LogP contribution in [-0.4, -0.2) is 0 Å². The predicted molar refractivity (Wildman–Crippen MR) is 184 cm³/mol. The van der Waals surface area contributed by atoms with E-state index in [1.165, 1.54) is 77.9 Å². The number of aryl methyl sites for hydroxylation is 2. The first-order valence-corrected chi connectivity index (χ1v) is 15.9. The van der Waals surface area contributed by atoms with Crippen molar-refractivity contribution < 1.29 is 0 Å². The molecular weight excluding hydrogens is 516 g/mol. The molecule has 5 aromatic rings. The van der Waals surface area contributed by atoms with Crippen molar-refractivity contribution in [2.45, 2.75) is 84.5 Å². The molecule has 0 aliphatic heterocycles. The van der Waals surface area contributed by atoms with E-state index in [-0.39, 0.29) is 10.8 Å². The van der Waals surface area contributed by atoms with Crippen LogP contribution in [0.2, 0.25) is 0 Å². The highest BCUT2D eigenvalue weighted by Gasteiger charge is 2.47. The highest BCUT2D eigenvalue weighted by molar-refractivity contribution is 5.92. The van der Waals surface area contributed by atoms with Crippen LogP contribution in [0.4, 0.5) is 0 Å². The third-order valence-corrected chi connectivity index (χ3v) is 10.3. The maximum atomic E-state index is 2.56. The van der Waals surface area contributed by atoms with E-state index < -0.39 is 5.41 Å². The lowest BCUT2D eigenvalue weighted by Gasteiger charge is -2.35. The van der Waals surface area contributed by atoms with Gasteiger partial charge in [-0.3, -0.25) is 0 Å². The van der Waals surface area contributed by atoms with E-state index in [0.717, 1.165) is 0 Å². The van der Waals surface area contributed by atoms with Crippen LogP contribution in [0.3, 0.4) is 0 Å². The molecule has 0 saturated heterocycles. The van der Waals surface area contributed by atoms with Crippen molar-refractivity contribution in [1.82, 2.24) is 0 Å². The summed E-state index contributed by atoms with van der Waals surface area (Å²) < 4.78 is 0. The van der Waals surface area contributed by atoms with Crippen molar-refractivity contribution in [1.29, 1.82) is 0 Å². The van der Waals surface area contributed by atoms with E-state index in [1.54, 1.807) is 0 Å². The van der Waals surface area contributed by atoms with Gasteiger partial charge in [-0.15, -0.1) is 0 Å². The SMILES string of the molecule is Cc1ccc2c(c1)C(C)c1cc3c(cc1-2)C(c1ccc(C(C)(C)C)cc1)(c1ccc(C(C)(C)C)cc1)c1cc(C)ccc1-3. The van der Waals surface area contributed by atoms with Crippen molar-refractivity contribution in [3.63, 3.8) is 0 Å². The topological polar surface area (TPSA) is 0 Å². The summed E-state index contributed by atoms with van der Waals surface area (Å²) in [5.41, 5.74) is 19.1. The van der Waals surface area contributed by atoms with Crippen LogP contribution in [0.1, 0.15) is 110 Å². The van der Waals surface area contributed by atoms with Crippen LogP contribution in [0, 0.1) is 13.8 Å². The zero-order chi connectivity index (χ0) is 30.5. The Labute approximate surface area is 258 Å². The van der Waals surface area contributed by atoms with E-state index >= 15 is 0 Å². The lowest BCUT2D eigenvalue weighted by Crippen LogP contribution is -2.29. The maximum absolute atomic E-state index is 2.56. The average Bonchev–Trinajstić information content (AvgIpc) is 3.39. The summed E-state index contributed by atoms with van der Waals surface area (Å²) in [6.45, 7) is 20.6. The lowest BCUT2D eigenvalue weighted by molar-refractivity contribution is 0.588. The Hall–Kier alpha value is -3.90. The highest BCUT2D eigenvalue weighted by atomic mass is 14.5. The van der Waals surface area contributed by atoms with Crippen molar-refractivity contribution in [3.05, 3.63) is 153 Å². The van der Waals surface area contributed by atoms with Gasteiger partial charge in [-0.2, -0.15) is 0 Å². The van der Waals surface area contributed by atoms with Gasteiger partial charge >= 0.3 is 0 Å². The first-order chi connectivity index (χ1) is 20.3. The molecule has 0 radical (unpaired) electrons. The van der Waals surface area contributed by atoms with Gasteiger partial charge in [0.2, 0.25) is 0 Å². The Morgan fingerprint density at radius 3 is 1.47 bits per heavy atom. The van der Waals surface area contributed by atoms with Crippen molar-refractivity contribution in [2.24, 2.45) is 0 Å². The second kappa shape index (κ2) is 9.30. The van der Waals surface area contributed by atoms with Crippen molar-refractivity contribution >= 4 is 0 Å². The summed E-state index contributed by atoms with van der Waals surface area (Å²) in [5.74, 6) is 0.385. The molecule has 1 unspecified atom stereocenters. The minimum Gasteiger partial charge on any atom is -0.0587 e. The predicted octanol–water partition coefficient (Wildman–Crippen LogP) is 11.4. The second-order valence-corrected chi connectivity index (χ2v) is 15.3. The molecule has 0 fully saturated rings. The molecule has 2 aliphatic carbocycles. The third kappa shape index (κ3) is 4.10. The summed E-state index contributed by atoms with van der Waals surface area (Å²) in [6, 6.07) is 38.3. The Balaban J connectivity index is 1.58. The first kappa shape index (κ1) is 27.9. The lowest BCUT2D eigenvalue weighted by atomic mass is 9.66. The minimum absolute atomic E-state index is 0.0981. The van der Waals surface area contributed by atoms with E-state index in [9.17, 15) is 0 Å². The Bertz CT molecular complexity index is 1830. The van der Waals surface area contributed by atoms with Crippen LogP contribution in [0.15, 0.2) is 97.1 Å². The zero-order valence-electron chi connectivity index (χ0n) is 27.3. The molecule has 7 rings (SSSR count). The number of hydrogen-bond acceptors (Lipinski definition) is 0. The summed E-state index contributed by atoms with van der Waals surface area (Å²) in [6.07, 6.45) is 0. The van der Waals surface area contributed by atoms with Crippen LogP contribution in [0.5, 0.6) is 0 Å². The fraction of sp³-hybridized carbons (Fsp3) is 0.302. The average molecular weight is 561 g/mol. The molecule has 216 valence electrons. The summed E-state index contributed by atoms with van der Waals surface area (Å²) >= 11 is 0. The minimum atomic E-state index is -0.408. The Morgan fingerprint density at radius 1 is 0.465 bits per heavy atom. The largest absolute Gasteiger partial charge is 0.0713 e. The molecule has 43 heavy (non-hydrogen) atoms. The van der Waals surface area contributed by atoms with Gasteiger partial charge in [0.15, 0.2) is 0 Å². The monoisotopic (exact) mass is 560 g/mol. The van der Waals surface area contributed by atoms with Crippen LogP contribution in [0.25, 0.3) is 22.3 Å². The first-order valence-electron chi connectivity index (χ1n) is 15.9. The molecular formula is C43H44. The van der Waals surface area contributed by atoms with Gasteiger partial charge in [0, 0.05) is 5.92 Å². The second-order valence-electron chi connectivity index (χ2n) is 15.3. The molecule has 0 aromatic heterocycles. The normalized spacial score (nSPS) is 16.4. The van der Waals surface area contributed by atoms with E-state index in [1.807, 2.05) is 0 Å². The molecule has 0 heterocycles. The molecule has 0 nitrogen and oxygen atoms in total. The fourth-order valence-corrected chi connectivity index (χ4v) is 7.77. The van der Waals surface area contributed by atoms with Crippen molar-refractivity contribution in [2.75, 3.05) is 0 Å². The summed E-state index contributed by atoms with van der Waals surface area (Å²) in [7, 11) is 0. The van der Waals surface area contributed by atoms with Gasteiger partial charge < -0.3 is 0 Å². The van der Waals surface area contributed by atoms with Gasteiger partial charge in [-0.25, -0.2) is 0 Å². The smallest absolute Gasteiger partial charge is 0.0587 e. The van der Waals surface area contributed by atoms with Crippen LogP contribution < -0.4 is 0 Å². The fourth-order valence-electron chi connectivity index (χ4n) is 7.77. The van der Waals surface area contributed by atoms with E-state index in [4.69, 9.17) is 0 Å². The molecule has 0 saturated carbocycles. The maximum Gasteiger partial charge on any atom is 0.0713 e. The molecule has 0 heteroatoms. The molecule has 0 bridgehead atoms. The molecule has 0 N–H and O–H groups in total. The van der Waals surface area contributed by atoms with E-state index in [2.05, 4.69) is 159 Å². The Kier molecular flexibility index (Phi) is 6.03. The zero-order valence-corrected chi connectivity index (χ0v) is 27.3.